The molecule has 0 saturated heterocycles. The molecule has 0 aliphatic carbocycles. The molecule has 0 N–H and O–H groups in total. The SMILES string of the molecule is CCC(=Cc1oc2cc3c(N(CCCS(=O)(=O)[O-])S(C)(=O)=O)cccc3cc2[n+]1CCCS(=O)(=O)[O-])C=C1Oc2cc3c(N(CCCS(=O)(=O)[O-])S(C)(=O)=O)cccc3cc2N1CCCCC=O. The Kier molecular flexibility index (Phi) is 16.0. The van der Waals surface area contributed by atoms with Crippen LogP contribution in [0, 0.1) is 0 Å². The lowest BCUT2D eigenvalue weighted by Gasteiger charge is -2.24. The molecular weight excluding hydrogens is 989 g/mol. The molecule has 0 fully saturated rings. The van der Waals surface area contributed by atoms with Crippen molar-refractivity contribution in [3.63, 3.8) is 0 Å². The van der Waals surface area contributed by atoms with Gasteiger partial charge in [0.15, 0.2) is 12.3 Å². The van der Waals surface area contributed by atoms with E-state index in [9.17, 15) is 60.5 Å². The van der Waals surface area contributed by atoms with Crippen LogP contribution in [0.3, 0.4) is 0 Å². The van der Waals surface area contributed by atoms with Crippen LogP contribution in [0.1, 0.15) is 57.8 Å². The maximum absolute atomic E-state index is 13.0. The molecule has 0 spiro atoms. The van der Waals surface area contributed by atoms with Crippen LogP contribution in [0.5, 0.6) is 5.75 Å². The molecule has 1 aliphatic heterocycles. The van der Waals surface area contributed by atoms with Gasteiger partial charge in [0.05, 0.1) is 66.0 Å². The minimum atomic E-state index is -4.62. The topological polar surface area (TPSA) is 293 Å². The van der Waals surface area contributed by atoms with E-state index in [1.807, 2.05) is 17.9 Å². The van der Waals surface area contributed by atoms with Gasteiger partial charge in [-0.1, -0.05) is 31.2 Å². The van der Waals surface area contributed by atoms with Crippen LogP contribution in [-0.4, -0.2) is 111 Å². The number of aldehydes is 1. The summed E-state index contributed by atoms with van der Waals surface area (Å²) in [6.45, 7) is 1.69. The first-order valence-electron chi connectivity index (χ1n) is 21.3. The maximum Gasteiger partial charge on any atom is 0.374 e. The number of ether oxygens (including phenoxy) is 1. The fourth-order valence-electron chi connectivity index (χ4n) is 7.98. The van der Waals surface area contributed by atoms with Crippen molar-refractivity contribution in [2.24, 2.45) is 0 Å². The minimum absolute atomic E-state index is 0.00905. The molecule has 1 aromatic heterocycles. The van der Waals surface area contributed by atoms with Crippen molar-refractivity contribution in [3.8, 4) is 5.75 Å². The highest BCUT2D eigenvalue weighted by molar-refractivity contribution is 7.92. The van der Waals surface area contributed by atoms with Gasteiger partial charge in [0, 0.05) is 72.6 Å². The zero-order valence-electron chi connectivity index (χ0n) is 37.3. The van der Waals surface area contributed by atoms with Gasteiger partial charge in [-0.25, -0.2) is 42.1 Å². The van der Waals surface area contributed by atoms with Gasteiger partial charge in [-0.2, -0.15) is 4.57 Å². The number of aryl methyl sites for hydroxylation is 1. The van der Waals surface area contributed by atoms with Crippen LogP contribution in [-0.2, 0) is 61.7 Å². The van der Waals surface area contributed by atoms with Crippen LogP contribution < -0.4 is 22.8 Å². The summed E-state index contributed by atoms with van der Waals surface area (Å²) in [7, 11) is -21.8. The second-order valence-electron chi connectivity index (χ2n) is 16.2. The first kappa shape index (κ1) is 52.2. The number of oxazole rings is 1. The third-order valence-corrected chi connectivity index (χ3v) is 15.7. The van der Waals surface area contributed by atoms with Crippen LogP contribution in [0.15, 0.2) is 82.6 Å². The Morgan fingerprint density at radius 1 is 0.706 bits per heavy atom. The van der Waals surface area contributed by atoms with E-state index in [4.69, 9.17) is 9.15 Å². The van der Waals surface area contributed by atoms with Crippen molar-refractivity contribution in [1.29, 1.82) is 0 Å². The van der Waals surface area contributed by atoms with Crippen molar-refractivity contribution >= 4 is 112 Å². The van der Waals surface area contributed by atoms with Crippen molar-refractivity contribution in [3.05, 3.63) is 84.1 Å². The number of nitrogens with zero attached hydrogens (tertiary/aromatic N) is 4. The number of rotatable bonds is 24. The highest BCUT2D eigenvalue weighted by Gasteiger charge is 2.30. The third-order valence-electron chi connectivity index (χ3n) is 11.0. The molecule has 0 radical (unpaired) electrons. The summed E-state index contributed by atoms with van der Waals surface area (Å²) >= 11 is 0. The summed E-state index contributed by atoms with van der Waals surface area (Å²) in [6.07, 6.45) is 7.47. The Hall–Kier alpha value is -5.15. The number of allylic oxidation sites excluding steroid dienone is 2. The number of hydrogen-bond acceptors (Lipinski definition) is 17. The molecule has 6 rings (SSSR count). The number of carbonyl (C=O) groups excluding carboxylic acids is 1. The Morgan fingerprint density at radius 2 is 1.25 bits per heavy atom. The number of fused-ring (bicyclic) bond motifs is 4. The molecule has 0 unspecified atom stereocenters. The number of sulfonamides is 2. The first-order valence-corrected chi connectivity index (χ1v) is 29.7. The molecule has 370 valence electrons. The number of anilines is 3. The normalized spacial score (nSPS) is 14.5. The lowest BCUT2D eigenvalue weighted by molar-refractivity contribution is -0.677. The standard InChI is InChI=1S/C43H52N4O16S5/c1-4-31(25-42-44(17-6-5-7-21-48)38-27-32-13-8-15-36(34(32)29-40(38)62-42)46(64(2,49)50)19-11-23-67(56,57)58)26-43-45(18-10-22-66(53,54)55)39-28-33-14-9-16-37(35(33)30-41(39)63-43)47(65(3,51)52)20-12-24-68(59,60)61/h8-9,13-16,21,25-30H,4-7,10-12,17-20,22-24H2,1-3H3,(H2-,53,54,55,56,57,58,59,60,61)/p-2. The molecule has 0 atom stereocenters. The van der Waals surface area contributed by atoms with E-state index in [2.05, 4.69) is 0 Å². The second-order valence-corrected chi connectivity index (χ2v) is 24.6. The molecule has 4 aromatic carbocycles. The fraction of sp³-hybridized carbons (Fsp3) is 0.395. The van der Waals surface area contributed by atoms with Gasteiger partial charge in [0.25, 0.3) is 5.52 Å². The van der Waals surface area contributed by atoms with Gasteiger partial charge in [0.1, 0.15) is 6.29 Å². The first-order chi connectivity index (χ1) is 31.8. The highest BCUT2D eigenvalue weighted by atomic mass is 32.2. The average molecular weight is 1040 g/mol. The molecule has 68 heavy (non-hydrogen) atoms. The van der Waals surface area contributed by atoms with E-state index in [0.717, 1.165) is 27.4 Å². The average Bonchev–Trinajstić information content (AvgIpc) is 3.73. The summed E-state index contributed by atoms with van der Waals surface area (Å²) in [5.41, 5.74) is 2.42. The Labute approximate surface area is 395 Å². The second kappa shape index (κ2) is 20.8. The fourth-order valence-corrected chi connectivity index (χ4v) is 11.4. The monoisotopic (exact) mass is 1040 g/mol. The van der Waals surface area contributed by atoms with E-state index in [-0.39, 0.29) is 61.7 Å². The number of aromatic nitrogens is 1. The van der Waals surface area contributed by atoms with Gasteiger partial charge in [-0.15, -0.1) is 0 Å². The van der Waals surface area contributed by atoms with Gasteiger partial charge >= 0.3 is 5.89 Å². The van der Waals surface area contributed by atoms with E-state index in [1.54, 1.807) is 65.3 Å². The summed E-state index contributed by atoms with van der Waals surface area (Å²) in [4.78, 5) is 13.1. The van der Waals surface area contributed by atoms with Gasteiger partial charge in [-0.3, -0.25) is 8.61 Å². The third kappa shape index (κ3) is 13.3. The van der Waals surface area contributed by atoms with Gasteiger partial charge in [-0.05, 0) is 78.8 Å². The predicted octanol–water partition coefficient (Wildman–Crippen LogP) is 4.27. The molecule has 20 nitrogen and oxygen atoms in total. The van der Waals surface area contributed by atoms with Crippen molar-refractivity contribution in [2.75, 3.05) is 62.9 Å². The van der Waals surface area contributed by atoms with Crippen molar-refractivity contribution < 1.29 is 74.3 Å². The lowest BCUT2D eigenvalue weighted by Crippen LogP contribution is -2.36. The van der Waals surface area contributed by atoms with Crippen molar-refractivity contribution in [2.45, 2.75) is 58.4 Å². The number of unbranched alkanes of at least 4 members (excludes halogenated alkanes) is 2. The van der Waals surface area contributed by atoms with E-state index in [0.29, 0.717) is 82.2 Å². The lowest BCUT2D eigenvalue weighted by atomic mass is 10.1. The predicted molar refractivity (Wildman–Crippen MR) is 254 cm³/mol. The van der Waals surface area contributed by atoms with Gasteiger partial charge in [0.2, 0.25) is 31.5 Å². The van der Waals surface area contributed by atoms with E-state index in [1.165, 1.54) is 6.07 Å². The number of benzene rings is 4. The summed E-state index contributed by atoms with van der Waals surface area (Å²) in [5.74, 6) is -1.28. The smallest absolute Gasteiger partial charge is 0.374 e. The number of carbonyl (C=O) groups is 1. The molecule has 5 aromatic rings. The minimum Gasteiger partial charge on any atom is -0.748 e. The quantitative estimate of drug-likeness (QED) is 0.0361. The molecular formula is C43H50N4O16S5-2. The Balaban J connectivity index is 1.46. The van der Waals surface area contributed by atoms with Crippen LogP contribution in [0.2, 0.25) is 0 Å². The molecule has 0 amide bonds. The molecule has 0 bridgehead atoms. The molecule has 2 heterocycles. The summed E-state index contributed by atoms with van der Waals surface area (Å²) < 4.78 is 172. The Morgan fingerprint density at radius 3 is 1.78 bits per heavy atom. The summed E-state index contributed by atoms with van der Waals surface area (Å²) in [5, 5.41) is 2.02. The zero-order valence-corrected chi connectivity index (χ0v) is 41.3. The Bertz CT molecular complexity index is 3370. The highest BCUT2D eigenvalue weighted by Crippen LogP contribution is 2.45. The van der Waals surface area contributed by atoms with Crippen LogP contribution in [0.25, 0.3) is 38.7 Å². The zero-order chi connectivity index (χ0) is 49.8. The van der Waals surface area contributed by atoms with Crippen molar-refractivity contribution in [1.82, 2.24) is 0 Å². The van der Waals surface area contributed by atoms with E-state index >= 15 is 0 Å². The van der Waals surface area contributed by atoms with Crippen LogP contribution >= 0.6 is 0 Å². The molecule has 25 heteroatoms. The van der Waals surface area contributed by atoms with Crippen LogP contribution in [0.4, 0.5) is 17.1 Å². The molecule has 0 saturated carbocycles. The summed E-state index contributed by atoms with van der Waals surface area (Å²) in [6, 6.07) is 16.6. The maximum atomic E-state index is 13.0. The molecule has 1 aliphatic rings. The van der Waals surface area contributed by atoms with Gasteiger partial charge < -0.3 is 32.5 Å². The largest absolute Gasteiger partial charge is 0.748 e. The number of hydrogen-bond donors (Lipinski definition) is 0. The van der Waals surface area contributed by atoms with E-state index < -0.39 is 67.7 Å².